The number of carboxylic acids is 2. The molecule has 1 aliphatic heterocycles. The van der Waals surface area contributed by atoms with E-state index in [0.717, 1.165) is 13.1 Å². The lowest BCUT2D eigenvalue weighted by Gasteiger charge is -2.47. The fourth-order valence-corrected chi connectivity index (χ4v) is 2.65. The summed E-state index contributed by atoms with van der Waals surface area (Å²) in [5.74, 6) is -5.64. The second kappa shape index (κ2) is 11.9. The normalized spacial score (nSPS) is 20.1. The molecule has 14 heteroatoms. The minimum atomic E-state index is -5.08. The number of carboxylic acid groups (broad SMARTS) is 2. The van der Waals surface area contributed by atoms with E-state index < -0.39 is 29.8 Å². The van der Waals surface area contributed by atoms with Gasteiger partial charge in [0.25, 0.3) is 0 Å². The van der Waals surface area contributed by atoms with Crippen LogP contribution in [0.15, 0.2) is 0 Å². The van der Waals surface area contributed by atoms with Gasteiger partial charge in [-0.05, 0) is 34.6 Å². The molecule has 1 aliphatic rings. The van der Waals surface area contributed by atoms with Gasteiger partial charge in [-0.25, -0.2) is 9.59 Å². The number of aliphatic carboxylic acids is 2. The molecule has 30 heavy (non-hydrogen) atoms. The minimum absolute atomic E-state index is 0.129. The molecule has 0 spiro atoms. The Morgan fingerprint density at radius 2 is 1.23 bits per heavy atom. The standard InChI is InChI=1S/C12H24N2O2.2C2HF3O2/c1-6-16-11(15)12(4,5)14-9(2)7-13-8-10(14)3;2*3-2(4,5)1(6)7/h9-10,13H,6-8H2,1-5H3;2*(H,6,7). The molecular formula is C16H26F6N2O6. The number of esters is 1. The molecular weight excluding hydrogens is 430 g/mol. The molecule has 0 bridgehead atoms. The van der Waals surface area contributed by atoms with Crippen molar-refractivity contribution in [2.24, 2.45) is 0 Å². The fraction of sp³-hybridized carbons (Fsp3) is 0.812. The first-order valence-electron chi connectivity index (χ1n) is 8.56. The third kappa shape index (κ3) is 10.6. The molecule has 178 valence electrons. The van der Waals surface area contributed by atoms with Gasteiger partial charge in [0, 0.05) is 25.2 Å². The van der Waals surface area contributed by atoms with Gasteiger partial charge in [0.05, 0.1) is 6.61 Å². The zero-order valence-corrected chi connectivity index (χ0v) is 17.0. The van der Waals surface area contributed by atoms with E-state index in [1.807, 2.05) is 20.8 Å². The number of hydrogen-bond donors (Lipinski definition) is 3. The van der Waals surface area contributed by atoms with Crippen LogP contribution in [0.3, 0.4) is 0 Å². The summed E-state index contributed by atoms with van der Waals surface area (Å²) in [6, 6.07) is 0.700. The van der Waals surface area contributed by atoms with E-state index >= 15 is 0 Å². The van der Waals surface area contributed by atoms with E-state index in [1.54, 1.807) is 0 Å². The van der Waals surface area contributed by atoms with Gasteiger partial charge in [0.2, 0.25) is 0 Å². The van der Waals surface area contributed by atoms with Crippen LogP contribution in [-0.2, 0) is 19.1 Å². The molecule has 0 aromatic heterocycles. The molecule has 0 aromatic rings. The summed E-state index contributed by atoms with van der Waals surface area (Å²) in [7, 11) is 0. The summed E-state index contributed by atoms with van der Waals surface area (Å²) in [5, 5.41) is 17.6. The molecule has 2 unspecified atom stereocenters. The number of nitrogens with zero attached hydrogens (tertiary/aromatic N) is 1. The van der Waals surface area contributed by atoms with E-state index in [1.165, 1.54) is 0 Å². The lowest BCUT2D eigenvalue weighted by molar-refractivity contribution is -0.193. The van der Waals surface area contributed by atoms with Gasteiger partial charge in [-0.15, -0.1) is 0 Å². The van der Waals surface area contributed by atoms with E-state index in [9.17, 15) is 31.1 Å². The number of carbonyl (C=O) groups is 3. The number of carbonyl (C=O) groups excluding carboxylic acids is 1. The lowest BCUT2D eigenvalue weighted by atomic mass is 9.96. The van der Waals surface area contributed by atoms with Crippen molar-refractivity contribution in [2.45, 2.75) is 64.6 Å². The zero-order valence-electron chi connectivity index (χ0n) is 17.0. The Bertz CT molecular complexity index is 546. The van der Waals surface area contributed by atoms with Crippen molar-refractivity contribution >= 4 is 17.9 Å². The van der Waals surface area contributed by atoms with Gasteiger partial charge in [0.15, 0.2) is 0 Å². The Kier molecular flexibility index (Phi) is 12.0. The summed E-state index contributed by atoms with van der Waals surface area (Å²) in [6.45, 7) is 12.3. The van der Waals surface area contributed by atoms with E-state index in [0.29, 0.717) is 18.7 Å². The number of halogens is 6. The molecule has 3 N–H and O–H groups in total. The van der Waals surface area contributed by atoms with Crippen LogP contribution < -0.4 is 5.32 Å². The first-order valence-corrected chi connectivity index (χ1v) is 8.56. The third-order valence-corrected chi connectivity index (χ3v) is 3.73. The van der Waals surface area contributed by atoms with Crippen LogP contribution in [0.5, 0.6) is 0 Å². The Hall–Kier alpha value is -2.09. The van der Waals surface area contributed by atoms with Gasteiger partial charge >= 0.3 is 30.3 Å². The van der Waals surface area contributed by atoms with Gasteiger partial charge in [-0.1, -0.05) is 0 Å². The van der Waals surface area contributed by atoms with Crippen molar-refractivity contribution in [1.29, 1.82) is 0 Å². The number of alkyl halides is 6. The number of hydrogen-bond acceptors (Lipinski definition) is 6. The number of piperazine rings is 1. The highest BCUT2D eigenvalue weighted by molar-refractivity contribution is 5.80. The molecule has 0 radical (unpaired) electrons. The minimum Gasteiger partial charge on any atom is -0.475 e. The molecule has 1 heterocycles. The Labute approximate surface area is 169 Å². The van der Waals surface area contributed by atoms with Gasteiger partial charge < -0.3 is 20.3 Å². The Balaban J connectivity index is 0. The van der Waals surface area contributed by atoms with E-state index in [2.05, 4.69) is 24.1 Å². The highest BCUT2D eigenvalue weighted by atomic mass is 19.4. The molecule has 1 fully saturated rings. The molecule has 0 aliphatic carbocycles. The topological polar surface area (TPSA) is 116 Å². The molecule has 0 amide bonds. The van der Waals surface area contributed by atoms with Crippen LogP contribution in [0.4, 0.5) is 26.3 Å². The SMILES string of the molecule is CCOC(=O)C(C)(C)N1C(C)CNCC1C.O=C(O)C(F)(F)F.O=C(O)C(F)(F)F. The van der Waals surface area contributed by atoms with E-state index in [-0.39, 0.29) is 5.97 Å². The molecule has 0 saturated carbocycles. The third-order valence-electron chi connectivity index (χ3n) is 3.73. The molecule has 8 nitrogen and oxygen atoms in total. The van der Waals surface area contributed by atoms with E-state index in [4.69, 9.17) is 24.5 Å². The molecule has 1 rings (SSSR count). The van der Waals surface area contributed by atoms with Crippen molar-refractivity contribution in [3.8, 4) is 0 Å². The predicted octanol–water partition coefficient (Wildman–Crippen LogP) is 2.28. The highest BCUT2D eigenvalue weighted by Crippen LogP contribution is 2.24. The predicted molar refractivity (Wildman–Crippen MR) is 91.7 cm³/mol. The number of ether oxygens (including phenoxy) is 1. The quantitative estimate of drug-likeness (QED) is 0.438. The maximum Gasteiger partial charge on any atom is 0.490 e. The summed E-state index contributed by atoms with van der Waals surface area (Å²) < 4.78 is 68.6. The monoisotopic (exact) mass is 456 g/mol. The largest absolute Gasteiger partial charge is 0.490 e. The second-order valence-electron chi connectivity index (χ2n) is 6.65. The van der Waals surface area contributed by atoms with Crippen LogP contribution >= 0.6 is 0 Å². The summed E-state index contributed by atoms with van der Waals surface area (Å²) in [5.41, 5.74) is -0.545. The van der Waals surface area contributed by atoms with Crippen molar-refractivity contribution in [1.82, 2.24) is 10.2 Å². The van der Waals surface area contributed by atoms with Crippen LogP contribution in [0.2, 0.25) is 0 Å². The number of rotatable bonds is 3. The Morgan fingerprint density at radius 1 is 0.933 bits per heavy atom. The maximum atomic E-state index is 12.0. The summed E-state index contributed by atoms with van der Waals surface area (Å²) in [6.07, 6.45) is -10.2. The summed E-state index contributed by atoms with van der Waals surface area (Å²) >= 11 is 0. The Morgan fingerprint density at radius 3 is 1.47 bits per heavy atom. The van der Waals surface area contributed by atoms with Crippen LogP contribution in [0.25, 0.3) is 0 Å². The number of nitrogens with one attached hydrogen (secondary N) is 1. The molecule has 1 saturated heterocycles. The van der Waals surface area contributed by atoms with Crippen LogP contribution in [0, 0.1) is 0 Å². The van der Waals surface area contributed by atoms with Gasteiger partial charge in [-0.3, -0.25) is 9.69 Å². The average molecular weight is 456 g/mol. The smallest absolute Gasteiger partial charge is 0.475 e. The fourth-order valence-electron chi connectivity index (χ4n) is 2.65. The van der Waals surface area contributed by atoms with Crippen LogP contribution in [-0.4, -0.2) is 82.7 Å². The van der Waals surface area contributed by atoms with Gasteiger partial charge in [0.1, 0.15) is 5.54 Å². The molecule has 2 atom stereocenters. The van der Waals surface area contributed by atoms with Crippen molar-refractivity contribution in [2.75, 3.05) is 19.7 Å². The molecule has 0 aromatic carbocycles. The van der Waals surface area contributed by atoms with Crippen LogP contribution in [0.1, 0.15) is 34.6 Å². The second-order valence-corrected chi connectivity index (χ2v) is 6.65. The zero-order chi connectivity index (χ0) is 24.5. The first-order chi connectivity index (χ1) is 13.3. The lowest BCUT2D eigenvalue weighted by Crippen LogP contribution is -2.65. The maximum absolute atomic E-state index is 12.0. The van der Waals surface area contributed by atoms with Crippen molar-refractivity contribution < 1.29 is 55.7 Å². The highest BCUT2D eigenvalue weighted by Gasteiger charge is 2.42. The van der Waals surface area contributed by atoms with Crippen molar-refractivity contribution in [3.63, 3.8) is 0 Å². The van der Waals surface area contributed by atoms with Crippen molar-refractivity contribution in [3.05, 3.63) is 0 Å². The first kappa shape index (κ1) is 30.1. The average Bonchev–Trinajstić information content (AvgIpc) is 2.54. The summed E-state index contributed by atoms with van der Waals surface area (Å²) in [4.78, 5) is 32.0. The van der Waals surface area contributed by atoms with Gasteiger partial charge in [-0.2, -0.15) is 26.3 Å².